The average Bonchev–Trinajstić information content (AvgIpc) is 2.67. The Morgan fingerprint density at radius 1 is 1.07 bits per heavy atom. The zero-order chi connectivity index (χ0) is 19.1. The standard InChI is InChI=1S/C20H21FN4O2/c1-14-3-8-17(21)18(13-14)24-19-9-10-22-20(25-19)23-15-4-6-16(7-5-15)27-12-2-11-26/h3-10,13,26H,2,11-12H2,1H3,(H2,22,23,24,25). The Labute approximate surface area is 157 Å². The van der Waals surface area contributed by atoms with Gasteiger partial charge in [-0.25, -0.2) is 9.37 Å². The van der Waals surface area contributed by atoms with Gasteiger partial charge in [0, 0.05) is 24.9 Å². The van der Waals surface area contributed by atoms with E-state index in [2.05, 4.69) is 20.6 Å². The molecule has 0 bridgehead atoms. The van der Waals surface area contributed by atoms with Crippen LogP contribution in [0.4, 0.5) is 27.5 Å². The van der Waals surface area contributed by atoms with E-state index < -0.39 is 0 Å². The van der Waals surface area contributed by atoms with Crippen LogP contribution in [0.3, 0.4) is 0 Å². The summed E-state index contributed by atoms with van der Waals surface area (Å²) in [7, 11) is 0. The SMILES string of the molecule is Cc1ccc(F)c(Nc2ccnc(Nc3ccc(OCCCO)cc3)n2)c1. The van der Waals surface area contributed by atoms with Gasteiger partial charge in [-0.2, -0.15) is 4.98 Å². The van der Waals surface area contributed by atoms with E-state index in [9.17, 15) is 4.39 Å². The highest BCUT2D eigenvalue weighted by Crippen LogP contribution is 2.22. The number of nitrogens with one attached hydrogen (secondary N) is 2. The molecular weight excluding hydrogens is 347 g/mol. The first-order chi connectivity index (χ1) is 13.1. The maximum absolute atomic E-state index is 13.9. The number of hydrogen-bond acceptors (Lipinski definition) is 6. The van der Waals surface area contributed by atoms with E-state index in [1.807, 2.05) is 31.2 Å². The maximum Gasteiger partial charge on any atom is 0.229 e. The van der Waals surface area contributed by atoms with Gasteiger partial charge in [0.05, 0.1) is 12.3 Å². The van der Waals surface area contributed by atoms with Crippen LogP contribution in [0.25, 0.3) is 0 Å². The molecule has 0 radical (unpaired) electrons. The largest absolute Gasteiger partial charge is 0.494 e. The number of aliphatic hydroxyl groups is 1. The fourth-order valence-electron chi connectivity index (χ4n) is 2.38. The normalized spacial score (nSPS) is 10.5. The van der Waals surface area contributed by atoms with Crippen molar-refractivity contribution in [1.29, 1.82) is 0 Å². The number of nitrogens with zero attached hydrogens (tertiary/aromatic N) is 2. The highest BCUT2D eigenvalue weighted by Gasteiger charge is 2.05. The molecule has 3 aromatic rings. The fourth-order valence-corrected chi connectivity index (χ4v) is 2.38. The second kappa shape index (κ2) is 8.95. The molecule has 0 aliphatic carbocycles. The number of ether oxygens (including phenoxy) is 1. The number of aliphatic hydroxyl groups excluding tert-OH is 1. The van der Waals surface area contributed by atoms with Crippen molar-refractivity contribution in [3.63, 3.8) is 0 Å². The van der Waals surface area contributed by atoms with Crippen LogP contribution in [0.2, 0.25) is 0 Å². The number of aryl methyl sites for hydroxylation is 1. The Balaban J connectivity index is 1.66. The lowest BCUT2D eigenvalue weighted by atomic mass is 10.2. The van der Waals surface area contributed by atoms with E-state index in [1.54, 1.807) is 24.4 Å². The van der Waals surface area contributed by atoms with Crippen LogP contribution in [0, 0.1) is 12.7 Å². The summed E-state index contributed by atoms with van der Waals surface area (Å²) in [6.45, 7) is 2.47. The minimum absolute atomic E-state index is 0.105. The summed E-state index contributed by atoms with van der Waals surface area (Å²) in [5.74, 6) is 1.26. The Hall–Kier alpha value is -3.19. The number of hydrogen-bond donors (Lipinski definition) is 3. The lowest BCUT2D eigenvalue weighted by Crippen LogP contribution is -2.02. The van der Waals surface area contributed by atoms with E-state index in [-0.39, 0.29) is 12.4 Å². The summed E-state index contributed by atoms with van der Waals surface area (Å²) in [6, 6.07) is 13.9. The summed E-state index contributed by atoms with van der Waals surface area (Å²) in [5.41, 5.74) is 2.11. The second-order valence-electron chi connectivity index (χ2n) is 5.95. The van der Waals surface area contributed by atoms with Crippen molar-refractivity contribution < 1.29 is 14.2 Å². The molecule has 1 aromatic heterocycles. The Morgan fingerprint density at radius 3 is 2.67 bits per heavy atom. The molecule has 6 nitrogen and oxygen atoms in total. The Bertz CT molecular complexity index is 887. The monoisotopic (exact) mass is 368 g/mol. The zero-order valence-electron chi connectivity index (χ0n) is 14.9. The van der Waals surface area contributed by atoms with Crippen LogP contribution in [0.1, 0.15) is 12.0 Å². The molecule has 0 unspecified atom stereocenters. The molecule has 0 amide bonds. The van der Waals surface area contributed by atoms with Crippen molar-refractivity contribution in [2.24, 2.45) is 0 Å². The molecule has 0 aliphatic rings. The number of aromatic nitrogens is 2. The third kappa shape index (κ3) is 5.39. The van der Waals surface area contributed by atoms with Crippen LogP contribution < -0.4 is 15.4 Å². The summed E-state index contributed by atoms with van der Waals surface area (Å²) in [5, 5.41) is 14.8. The summed E-state index contributed by atoms with van der Waals surface area (Å²) in [6.07, 6.45) is 2.19. The molecule has 0 aliphatic heterocycles. The van der Waals surface area contributed by atoms with Gasteiger partial charge in [-0.1, -0.05) is 6.07 Å². The van der Waals surface area contributed by atoms with Gasteiger partial charge in [-0.05, 0) is 55.0 Å². The number of halogens is 1. The van der Waals surface area contributed by atoms with Gasteiger partial charge >= 0.3 is 0 Å². The second-order valence-corrected chi connectivity index (χ2v) is 5.95. The predicted molar refractivity (Wildman–Crippen MR) is 103 cm³/mol. The van der Waals surface area contributed by atoms with Crippen LogP contribution in [-0.4, -0.2) is 28.3 Å². The molecular formula is C20H21FN4O2. The van der Waals surface area contributed by atoms with Crippen molar-refractivity contribution in [3.05, 3.63) is 66.1 Å². The van der Waals surface area contributed by atoms with Crippen molar-refractivity contribution in [3.8, 4) is 5.75 Å². The Kier molecular flexibility index (Phi) is 6.17. The van der Waals surface area contributed by atoms with Crippen LogP contribution >= 0.6 is 0 Å². The molecule has 140 valence electrons. The fraction of sp³-hybridized carbons (Fsp3) is 0.200. The maximum atomic E-state index is 13.9. The third-order valence-corrected chi connectivity index (χ3v) is 3.72. The molecule has 0 fully saturated rings. The first-order valence-electron chi connectivity index (χ1n) is 8.61. The van der Waals surface area contributed by atoms with Crippen LogP contribution in [-0.2, 0) is 0 Å². The molecule has 0 atom stereocenters. The topological polar surface area (TPSA) is 79.3 Å². The first-order valence-corrected chi connectivity index (χ1v) is 8.61. The molecule has 0 spiro atoms. The van der Waals surface area contributed by atoms with Crippen molar-refractivity contribution in [2.45, 2.75) is 13.3 Å². The van der Waals surface area contributed by atoms with Gasteiger partial charge in [0.1, 0.15) is 17.4 Å². The highest BCUT2D eigenvalue weighted by molar-refractivity contribution is 5.60. The molecule has 0 saturated heterocycles. The summed E-state index contributed by atoms with van der Waals surface area (Å²) < 4.78 is 19.4. The minimum Gasteiger partial charge on any atom is -0.494 e. The van der Waals surface area contributed by atoms with E-state index in [0.29, 0.717) is 30.5 Å². The average molecular weight is 368 g/mol. The third-order valence-electron chi connectivity index (χ3n) is 3.72. The summed E-state index contributed by atoms with van der Waals surface area (Å²) >= 11 is 0. The Morgan fingerprint density at radius 2 is 1.89 bits per heavy atom. The molecule has 2 aromatic carbocycles. The predicted octanol–water partition coefficient (Wildman–Crippen LogP) is 4.17. The van der Waals surface area contributed by atoms with Gasteiger partial charge in [0.25, 0.3) is 0 Å². The van der Waals surface area contributed by atoms with Crippen molar-refractivity contribution in [2.75, 3.05) is 23.8 Å². The minimum atomic E-state index is -0.342. The number of benzene rings is 2. The quantitative estimate of drug-likeness (QED) is 0.518. The molecule has 27 heavy (non-hydrogen) atoms. The molecule has 1 heterocycles. The lowest BCUT2D eigenvalue weighted by molar-refractivity contribution is 0.233. The van der Waals surface area contributed by atoms with E-state index in [1.165, 1.54) is 6.07 Å². The van der Waals surface area contributed by atoms with Gasteiger partial charge in [-0.15, -0.1) is 0 Å². The van der Waals surface area contributed by atoms with Gasteiger partial charge < -0.3 is 20.5 Å². The molecule has 7 heteroatoms. The van der Waals surface area contributed by atoms with Gasteiger partial charge in [0.15, 0.2) is 0 Å². The van der Waals surface area contributed by atoms with E-state index in [4.69, 9.17) is 9.84 Å². The van der Waals surface area contributed by atoms with Crippen LogP contribution in [0.15, 0.2) is 54.7 Å². The smallest absolute Gasteiger partial charge is 0.229 e. The van der Waals surface area contributed by atoms with Gasteiger partial charge in [0.2, 0.25) is 5.95 Å². The number of anilines is 4. The van der Waals surface area contributed by atoms with Crippen molar-refractivity contribution in [1.82, 2.24) is 9.97 Å². The molecule has 0 saturated carbocycles. The van der Waals surface area contributed by atoms with E-state index in [0.717, 1.165) is 17.0 Å². The highest BCUT2D eigenvalue weighted by atomic mass is 19.1. The summed E-state index contributed by atoms with van der Waals surface area (Å²) in [4.78, 5) is 8.54. The number of rotatable bonds is 8. The molecule has 3 N–H and O–H groups in total. The molecule has 3 rings (SSSR count). The zero-order valence-corrected chi connectivity index (χ0v) is 14.9. The van der Waals surface area contributed by atoms with E-state index >= 15 is 0 Å². The lowest BCUT2D eigenvalue weighted by Gasteiger charge is -2.10. The van der Waals surface area contributed by atoms with Crippen molar-refractivity contribution >= 4 is 23.1 Å². The van der Waals surface area contributed by atoms with Gasteiger partial charge in [-0.3, -0.25) is 0 Å². The first kappa shape index (κ1) is 18.6. The van der Waals surface area contributed by atoms with Crippen LogP contribution in [0.5, 0.6) is 5.75 Å².